The lowest BCUT2D eigenvalue weighted by molar-refractivity contribution is -0.118. The standard InChI is InChI=1S/C15H17ClO2S/c16-12-7-10-4-5-18-15(10)11(8-12)9-13(17)14-3-1-2-6-19-14/h7-8,14H,1-6,9H2. The van der Waals surface area contributed by atoms with Gasteiger partial charge in [0.15, 0.2) is 0 Å². The van der Waals surface area contributed by atoms with Gasteiger partial charge in [-0.15, -0.1) is 0 Å². The minimum absolute atomic E-state index is 0.171. The maximum absolute atomic E-state index is 12.4. The zero-order valence-corrected chi connectivity index (χ0v) is 12.4. The van der Waals surface area contributed by atoms with E-state index in [2.05, 4.69) is 0 Å². The second kappa shape index (κ2) is 5.76. The van der Waals surface area contributed by atoms with Gasteiger partial charge in [0.1, 0.15) is 11.5 Å². The Labute approximate surface area is 122 Å². The van der Waals surface area contributed by atoms with Crippen molar-refractivity contribution >= 4 is 29.1 Å². The zero-order chi connectivity index (χ0) is 13.2. The van der Waals surface area contributed by atoms with E-state index in [4.69, 9.17) is 16.3 Å². The molecule has 1 unspecified atom stereocenters. The van der Waals surface area contributed by atoms with Crippen molar-refractivity contribution in [1.29, 1.82) is 0 Å². The normalized spacial score (nSPS) is 21.8. The number of hydrogen-bond donors (Lipinski definition) is 0. The number of carbonyl (C=O) groups is 1. The summed E-state index contributed by atoms with van der Waals surface area (Å²) in [6, 6.07) is 3.84. The fourth-order valence-corrected chi connectivity index (χ4v) is 4.29. The molecule has 1 fully saturated rings. The van der Waals surface area contributed by atoms with Gasteiger partial charge in [0, 0.05) is 23.4 Å². The summed E-state index contributed by atoms with van der Waals surface area (Å²) < 4.78 is 5.66. The van der Waals surface area contributed by atoms with Crippen LogP contribution in [-0.2, 0) is 17.6 Å². The Hall–Kier alpha value is -0.670. The van der Waals surface area contributed by atoms with E-state index in [9.17, 15) is 4.79 Å². The predicted molar refractivity (Wildman–Crippen MR) is 79.5 cm³/mol. The maximum Gasteiger partial charge on any atom is 0.150 e. The molecule has 0 bridgehead atoms. The molecule has 2 aliphatic rings. The quantitative estimate of drug-likeness (QED) is 0.851. The number of Topliss-reactive ketones (excluding diaryl/α,β-unsaturated/α-hetero) is 1. The van der Waals surface area contributed by atoms with Crippen LogP contribution in [0.5, 0.6) is 5.75 Å². The smallest absolute Gasteiger partial charge is 0.150 e. The van der Waals surface area contributed by atoms with Gasteiger partial charge in [-0.3, -0.25) is 4.79 Å². The first kappa shape index (κ1) is 13.3. The van der Waals surface area contributed by atoms with Crippen molar-refractivity contribution in [3.8, 4) is 5.75 Å². The first-order valence-electron chi connectivity index (χ1n) is 6.82. The van der Waals surface area contributed by atoms with Crippen molar-refractivity contribution in [2.24, 2.45) is 0 Å². The number of thioether (sulfide) groups is 1. The summed E-state index contributed by atoms with van der Waals surface area (Å²) >= 11 is 7.93. The summed E-state index contributed by atoms with van der Waals surface area (Å²) in [5.74, 6) is 2.34. The second-order valence-corrected chi connectivity index (χ2v) is 6.90. The van der Waals surface area contributed by atoms with Crippen molar-refractivity contribution in [2.45, 2.75) is 37.4 Å². The molecule has 2 heterocycles. The van der Waals surface area contributed by atoms with Crippen LogP contribution in [0, 0.1) is 0 Å². The highest BCUT2D eigenvalue weighted by molar-refractivity contribution is 8.00. The second-order valence-electron chi connectivity index (χ2n) is 5.15. The molecule has 0 aromatic heterocycles. The third-order valence-corrected chi connectivity index (χ3v) is 5.37. The molecule has 0 saturated carbocycles. The zero-order valence-electron chi connectivity index (χ0n) is 10.8. The van der Waals surface area contributed by atoms with E-state index in [-0.39, 0.29) is 5.25 Å². The highest BCUT2D eigenvalue weighted by Crippen LogP contribution is 2.34. The lowest BCUT2D eigenvalue weighted by atomic mass is 10.0. The van der Waals surface area contributed by atoms with Gasteiger partial charge in [-0.1, -0.05) is 18.0 Å². The van der Waals surface area contributed by atoms with Gasteiger partial charge in [-0.25, -0.2) is 0 Å². The van der Waals surface area contributed by atoms with Gasteiger partial charge < -0.3 is 4.74 Å². The lowest BCUT2D eigenvalue weighted by Crippen LogP contribution is -2.22. The van der Waals surface area contributed by atoms with Gasteiger partial charge in [-0.05, 0) is 36.3 Å². The summed E-state index contributed by atoms with van der Waals surface area (Å²) in [5.41, 5.74) is 2.11. The van der Waals surface area contributed by atoms with Gasteiger partial charge in [0.25, 0.3) is 0 Å². The van der Waals surface area contributed by atoms with E-state index in [1.165, 1.54) is 12.8 Å². The Kier molecular flexibility index (Phi) is 4.04. The fourth-order valence-electron chi connectivity index (χ4n) is 2.77. The maximum atomic E-state index is 12.4. The summed E-state index contributed by atoms with van der Waals surface area (Å²) in [4.78, 5) is 12.4. The van der Waals surface area contributed by atoms with Crippen LogP contribution in [-0.4, -0.2) is 23.4 Å². The van der Waals surface area contributed by atoms with Gasteiger partial charge in [0.2, 0.25) is 0 Å². The predicted octanol–water partition coefficient (Wildman–Crippen LogP) is 3.67. The molecule has 2 nitrogen and oxygen atoms in total. The first-order valence-corrected chi connectivity index (χ1v) is 8.25. The van der Waals surface area contributed by atoms with Crippen LogP contribution in [0.15, 0.2) is 12.1 Å². The SMILES string of the molecule is O=C(Cc1cc(Cl)cc2c1OCC2)C1CCCCS1. The molecule has 1 aromatic carbocycles. The Morgan fingerprint density at radius 3 is 3.11 bits per heavy atom. The molecule has 19 heavy (non-hydrogen) atoms. The number of benzene rings is 1. The van der Waals surface area contributed by atoms with E-state index >= 15 is 0 Å². The average Bonchev–Trinajstić information content (AvgIpc) is 2.88. The average molecular weight is 297 g/mol. The van der Waals surface area contributed by atoms with Crippen molar-refractivity contribution < 1.29 is 9.53 Å². The van der Waals surface area contributed by atoms with Crippen LogP contribution in [0.1, 0.15) is 30.4 Å². The molecule has 3 rings (SSSR count). The Bertz CT molecular complexity index is 495. The molecule has 4 heteroatoms. The van der Waals surface area contributed by atoms with Crippen LogP contribution in [0.3, 0.4) is 0 Å². The monoisotopic (exact) mass is 296 g/mol. The van der Waals surface area contributed by atoms with Gasteiger partial charge >= 0.3 is 0 Å². The van der Waals surface area contributed by atoms with Gasteiger partial charge in [0.05, 0.1) is 11.9 Å². The van der Waals surface area contributed by atoms with Crippen LogP contribution in [0.2, 0.25) is 5.02 Å². The van der Waals surface area contributed by atoms with Crippen molar-refractivity contribution in [2.75, 3.05) is 12.4 Å². The minimum Gasteiger partial charge on any atom is -0.493 e. The highest BCUT2D eigenvalue weighted by Gasteiger charge is 2.25. The number of hydrogen-bond acceptors (Lipinski definition) is 3. The van der Waals surface area contributed by atoms with E-state index in [1.54, 1.807) is 11.8 Å². The van der Waals surface area contributed by atoms with Crippen LogP contribution in [0.4, 0.5) is 0 Å². The molecular weight excluding hydrogens is 280 g/mol. The van der Waals surface area contributed by atoms with Crippen molar-refractivity contribution in [3.05, 3.63) is 28.3 Å². The number of rotatable bonds is 3. The van der Waals surface area contributed by atoms with E-state index in [1.807, 2.05) is 12.1 Å². The van der Waals surface area contributed by atoms with E-state index in [0.29, 0.717) is 23.8 Å². The molecule has 0 spiro atoms. The van der Waals surface area contributed by atoms with Crippen LogP contribution in [0.25, 0.3) is 0 Å². The third-order valence-electron chi connectivity index (χ3n) is 3.73. The van der Waals surface area contributed by atoms with Crippen molar-refractivity contribution in [1.82, 2.24) is 0 Å². The summed E-state index contributed by atoms with van der Waals surface area (Å²) in [5, 5.41) is 0.883. The highest BCUT2D eigenvalue weighted by atomic mass is 35.5. The minimum atomic E-state index is 0.171. The molecule has 2 aliphatic heterocycles. The number of fused-ring (bicyclic) bond motifs is 1. The van der Waals surface area contributed by atoms with Crippen LogP contribution < -0.4 is 4.74 Å². The third kappa shape index (κ3) is 2.92. The Morgan fingerprint density at radius 1 is 1.42 bits per heavy atom. The number of carbonyl (C=O) groups excluding carboxylic acids is 1. The molecule has 0 N–H and O–H groups in total. The molecule has 0 radical (unpaired) electrons. The molecule has 1 atom stereocenters. The largest absolute Gasteiger partial charge is 0.493 e. The van der Waals surface area contributed by atoms with E-state index < -0.39 is 0 Å². The Morgan fingerprint density at radius 2 is 2.32 bits per heavy atom. The molecule has 102 valence electrons. The number of halogens is 1. The number of ether oxygens (including phenoxy) is 1. The van der Waals surface area contributed by atoms with Crippen molar-refractivity contribution in [3.63, 3.8) is 0 Å². The fraction of sp³-hybridized carbons (Fsp3) is 0.533. The molecular formula is C15H17ClO2S. The molecule has 0 amide bonds. The van der Waals surface area contributed by atoms with Crippen LogP contribution >= 0.6 is 23.4 Å². The Balaban J connectivity index is 1.77. The summed E-state index contributed by atoms with van der Waals surface area (Å²) in [7, 11) is 0. The molecule has 1 saturated heterocycles. The molecule has 1 aromatic rings. The van der Waals surface area contributed by atoms with Gasteiger partial charge in [-0.2, -0.15) is 11.8 Å². The summed E-state index contributed by atoms with van der Waals surface area (Å²) in [6.07, 6.45) is 4.79. The summed E-state index contributed by atoms with van der Waals surface area (Å²) in [6.45, 7) is 0.703. The topological polar surface area (TPSA) is 26.3 Å². The first-order chi connectivity index (χ1) is 9.24. The van der Waals surface area contributed by atoms with E-state index in [0.717, 1.165) is 35.5 Å². The molecule has 0 aliphatic carbocycles. The number of ketones is 1. The lowest BCUT2D eigenvalue weighted by Gasteiger charge is -2.20.